The average Bonchev–Trinajstić information content (AvgIpc) is 2.81. The Bertz CT molecular complexity index is 367. The zero-order valence-electron chi connectivity index (χ0n) is 12.8. The predicted molar refractivity (Wildman–Crippen MR) is 75.6 cm³/mol. The summed E-state index contributed by atoms with van der Waals surface area (Å²) in [5, 5.41) is 3.16. The maximum Gasteiger partial charge on any atom is 0.241 e. The van der Waals surface area contributed by atoms with Crippen LogP contribution in [0.1, 0.15) is 47.5 Å². The molecule has 4 atom stereocenters. The lowest BCUT2D eigenvalue weighted by molar-refractivity contribution is -0.176. The van der Waals surface area contributed by atoms with Crippen molar-refractivity contribution in [2.45, 2.75) is 65.1 Å². The summed E-state index contributed by atoms with van der Waals surface area (Å²) in [6, 6.07) is 0.199. The van der Waals surface area contributed by atoms with Crippen molar-refractivity contribution in [3.63, 3.8) is 0 Å². The molecule has 1 aliphatic heterocycles. The molecule has 110 valence electrons. The van der Waals surface area contributed by atoms with Crippen LogP contribution in [0.2, 0.25) is 0 Å². The molecule has 0 radical (unpaired) electrons. The van der Waals surface area contributed by atoms with Gasteiger partial charge < -0.3 is 15.8 Å². The number of rotatable bonds is 4. The fraction of sp³-hybridized carbons (Fsp3) is 0.933. The average molecular weight is 268 g/mol. The van der Waals surface area contributed by atoms with Gasteiger partial charge in [-0.3, -0.25) is 4.79 Å². The van der Waals surface area contributed by atoms with E-state index in [9.17, 15) is 4.79 Å². The summed E-state index contributed by atoms with van der Waals surface area (Å²) < 4.78 is 5.73. The molecule has 1 heterocycles. The molecule has 3 N–H and O–H groups in total. The Labute approximate surface area is 116 Å². The minimum atomic E-state index is -0.781. The van der Waals surface area contributed by atoms with Crippen LogP contribution in [0.15, 0.2) is 0 Å². The normalized spacial score (nSPS) is 37.6. The van der Waals surface area contributed by atoms with Gasteiger partial charge in [0.2, 0.25) is 5.91 Å². The summed E-state index contributed by atoms with van der Waals surface area (Å²) in [6.07, 6.45) is 1.98. The van der Waals surface area contributed by atoms with Crippen LogP contribution in [-0.4, -0.2) is 30.2 Å². The lowest BCUT2D eigenvalue weighted by Gasteiger charge is -2.61. The number of carbonyl (C=O) groups is 1. The Balaban J connectivity index is 2.14. The van der Waals surface area contributed by atoms with Crippen molar-refractivity contribution in [2.75, 3.05) is 6.61 Å². The van der Waals surface area contributed by atoms with Crippen LogP contribution in [0, 0.1) is 17.3 Å². The predicted octanol–water partition coefficient (Wildman–Crippen LogP) is 1.68. The number of ether oxygens (including phenoxy) is 1. The van der Waals surface area contributed by atoms with Gasteiger partial charge in [0.15, 0.2) is 0 Å². The van der Waals surface area contributed by atoms with Crippen LogP contribution >= 0.6 is 0 Å². The van der Waals surface area contributed by atoms with E-state index in [1.807, 2.05) is 0 Å². The molecular formula is C15H28N2O2. The molecule has 2 fully saturated rings. The summed E-state index contributed by atoms with van der Waals surface area (Å²) in [7, 11) is 0. The topological polar surface area (TPSA) is 64.4 Å². The van der Waals surface area contributed by atoms with Gasteiger partial charge >= 0.3 is 0 Å². The maximum absolute atomic E-state index is 12.7. The first-order valence-electron chi connectivity index (χ1n) is 7.48. The molecule has 2 aliphatic rings. The fourth-order valence-electron chi connectivity index (χ4n) is 3.87. The summed E-state index contributed by atoms with van der Waals surface area (Å²) in [6.45, 7) is 11.2. The number of carbonyl (C=O) groups excluding carboxylic acids is 1. The van der Waals surface area contributed by atoms with Gasteiger partial charge in [-0.2, -0.15) is 0 Å². The molecule has 0 aromatic rings. The molecule has 0 aromatic carbocycles. The van der Waals surface area contributed by atoms with Gasteiger partial charge in [-0.05, 0) is 18.8 Å². The van der Waals surface area contributed by atoms with Gasteiger partial charge in [0, 0.05) is 24.0 Å². The van der Waals surface area contributed by atoms with Crippen molar-refractivity contribution < 1.29 is 9.53 Å². The van der Waals surface area contributed by atoms with E-state index in [1.165, 1.54) is 0 Å². The summed E-state index contributed by atoms with van der Waals surface area (Å²) in [4.78, 5) is 12.7. The summed E-state index contributed by atoms with van der Waals surface area (Å²) in [5.41, 5.74) is 5.45. The van der Waals surface area contributed by atoms with Crippen molar-refractivity contribution in [3.8, 4) is 0 Å². The molecule has 1 amide bonds. The highest BCUT2D eigenvalue weighted by atomic mass is 16.5. The largest absolute Gasteiger partial charge is 0.377 e. The van der Waals surface area contributed by atoms with E-state index in [0.29, 0.717) is 5.92 Å². The minimum absolute atomic E-state index is 0.00444. The Morgan fingerprint density at radius 1 is 1.47 bits per heavy atom. The standard InChI is InChI=1S/C15H28N2O2/c1-6-11(9(2)3)17-13(18)15(16)10-7-8-19-12(10)14(15,4)5/h9-12H,6-8,16H2,1-5H3,(H,17,18). The summed E-state index contributed by atoms with van der Waals surface area (Å²) in [5.74, 6) is 0.605. The monoisotopic (exact) mass is 268 g/mol. The second kappa shape index (κ2) is 4.74. The van der Waals surface area contributed by atoms with Crippen molar-refractivity contribution in [2.24, 2.45) is 23.0 Å². The van der Waals surface area contributed by atoms with Crippen molar-refractivity contribution in [3.05, 3.63) is 0 Å². The van der Waals surface area contributed by atoms with Crippen molar-refractivity contribution in [1.82, 2.24) is 5.32 Å². The van der Waals surface area contributed by atoms with Crippen molar-refractivity contribution >= 4 is 5.91 Å². The van der Waals surface area contributed by atoms with Gasteiger partial charge in [-0.15, -0.1) is 0 Å². The van der Waals surface area contributed by atoms with Gasteiger partial charge in [0.1, 0.15) is 5.54 Å². The van der Waals surface area contributed by atoms with E-state index >= 15 is 0 Å². The van der Waals surface area contributed by atoms with Gasteiger partial charge in [-0.25, -0.2) is 0 Å². The van der Waals surface area contributed by atoms with Gasteiger partial charge in [-0.1, -0.05) is 34.6 Å². The SMILES string of the molecule is CCC(NC(=O)C1(N)C2CCOC2C1(C)C)C(C)C. The van der Waals surface area contributed by atoms with Gasteiger partial charge in [0.25, 0.3) is 0 Å². The van der Waals surface area contributed by atoms with Gasteiger partial charge in [0.05, 0.1) is 6.10 Å². The Morgan fingerprint density at radius 2 is 2.11 bits per heavy atom. The van der Waals surface area contributed by atoms with Crippen LogP contribution in [0.4, 0.5) is 0 Å². The molecule has 1 saturated heterocycles. The second-order valence-electron chi connectivity index (χ2n) is 7.01. The van der Waals surface area contributed by atoms with Crippen LogP contribution in [-0.2, 0) is 9.53 Å². The van der Waals surface area contributed by atoms with E-state index in [1.54, 1.807) is 0 Å². The Hall–Kier alpha value is -0.610. The van der Waals surface area contributed by atoms with Crippen LogP contribution in [0.5, 0.6) is 0 Å². The smallest absolute Gasteiger partial charge is 0.241 e. The maximum atomic E-state index is 12.7. The fourth-order valence-corrected chi connectivity index (χ4v) is 3.87. The zero-order valence-corrected chi connectivity index (χ0v) is 12.8. The zero-order chi connectivity index (χ0) is 14.4. The quantitative estimate of drug-likeness (QED) is 0.815. The molecule has 1 aliphatic carbocycles. The van der Waals surface area contributed by atoms with E-state index in [4.69, 9.17) is 10.5 Å². The number of amides is 1. The minimum Gasteiger partial charge on any atom is -0.377 e. The molecule has 0 spiro atoms. The molecule has 4 nitrogen and oxygen atoms in total. The van der Waals surface area contributed by atoms with E-state index in [0.717, 1.165) is 19.4 Å². The molecule has 19 heavy (non-hydrogen) atoms. The highest BCUT2D eigenvalue weighted by molar-refractivity contribution is 5.89. The molecule has 2 rings (SSSR count). The number of hydrogen-bond acceptors (Lipinski definition) is 3. The highest BCUT2D eigenvalue weighted by Crippen LogP contribution is 2.58. The number of nitrogens with two attached hydrogens (primary N) is 1. The number of nitrogens with one attached hydrogen (secondary N) is 1. The first-order valence-corrected chi connectivity index (χ1v) is 7.48. The highest BCUT2D eigenvalue weighted by Gasteiger charge is 2.71. The number of hydrogen-bond donors (Lipinski definition) is 2. The van der Waals surface area contributed by atoms with Crippen molar-refractivity contribution in [1.29, 1.82) is 0 Å². The van der Waals surface area contributed by atoms with Crippen LogP contribution in [0.3, 0.4) is 0 Å². The Kier molecular flexibility index (Phi) is 3.69. The second-order valence-corrected chi connectivity index (χ2v) is 7.01. The third kappa shape index (κ3) is 1.91. The van der Waals surface area contributed by atoms with E-state index in [-0.39, 0.29) is 29.4 Å². The number of fused-ring (bicyclic) bond motifs is 1. The van der Waals surface area contributed by atoms with E-state index in [2.05, 4.69) is 39.9 Å². The van der Waals surface area contributed by atoms with Crippen LogP contribution in [0.25, 0.3) is 0 Å². The first kappa shape index (κ1) is 14.8. The molecular weight excluding hydrogens is 240 g/mol. The molecule has 0 aromatic heterocycles. The molecule has 4 unspecified atom stereocenters. The lowest BCUT2D eigenvalue weighted by Crippen LogP contribution is -2.80. The molecule has 4 heteroatoms. The summed E-state index contributed by atoms with van der Waals surface area (Å²) >= 11 is 0. The lowest BCUT2D eigenvalue weighted by atomic mass is 9.48. The first-order chi connectivity index (χ1) is 8.76. The van der Waals surface area contributed by atoms with Crippen LogP contribution < -0.4 is 11.1 Å². The Morgan fingerprint density at radius 3 is 2.63 bits per heavy atom. The molecule has 1 saturated carbocycles. The molecule has 0 bridgehead atoms. The third-order valence-corrected chi connectivity index (χ3v) is 5.39. The third-order valence-electron chi connectivity index (χ3n) is 5.39. The van der Waals surface area contributed by atoms with E-state index < -0.39 is 5.54 Å².